The van der Waals surface area contributed by atoms with Gasteiger partial charge >= 0.3 is 0 Å². The first-order valence-electron chi connectivity index (χ1n) is 9.05. The summed E-state index contributed by atoms with van der Waals surface area (Å²) in [5, 5.41) is 10.9. The van der Waals surface area contributed by atoms with E-state index in [9.17, 15) is 14.7 Å². The Bertz CT molecular complexity index is 903. The fraction of sp³-hybridized carbons (Fsp3) is 0.273. The Morgan fingerprint density at radius 2 is 1.62 bits per heavy atom. The number of hydrogen-bond acceptors (Lipinski definition) is 6. The maximum absolute atomic E-state index is 12.9. The maximum atomic E-state index is 12.9. The van der Waals surface area contributed by atoms with Crippen molar-refractivity contribution >= 4 is 17.4 Å². The molecule has 1 amide bonds. The summed E-state index contributed by atoms with van der Waals surface area (Å²) in [6, 6.07) is 14.9. The van der Waals surface area contributed by atoms with Crippen LogP contribution in [0.2, 0.25) is 0 Å². The Kier molecular flexibility index (Phi) is 6.31. The minimum Gasteiger partial charge on any atom is -0.507 e. The van der Waals surface area contributed by atoms with Gasteiger partial charge in [0.15, 0.2) is 6.29 Å². The number of hydrogen-bond donors (Lipinski definition) is 1. The van der Waals surface area contributed by atoms with Crippen molar-refractivity contribution in [2.24, 2.45) is 0 Å². The van der Waals surface area contributed by atoms with Crippen LogP contribution in [-0.4, -0.2) is 55.9 Å². The monoisotopic (exact) mass is 397 g/mol. The molecular weight excluding hydrogens is 374 g/mol. The van der Waals surface area contributed by atoms with Crippen LogP contribution in [0.3, 0.4) is 0 Å². The third-order valence-electron chi connectivity index (χ3n) is 4.89. The lowest BCUT2D eigenvalue weighted by Gasteiger charge is -2.28. The lowest BCUT2D eigenvalue weighted by molar-refractivity contribution is -0.149. The first-order valence-corrected chi connectivity index (χ1v) is 9.05. The number of aliphatic hydroxyl groups excluding tert-OH is 1. The molecule has 0 spiro atoms. The summed E-state index contributed by atoms with van der Waals surface area (Å²) in [7, 11) is 4.46. The third kappa shape index (κ3) is 4.01. The number of carbonyl (C=O) groups is 2. The number of likely N-dealkylation sites (tertiary alicyclic amines) is 1. The molecule has 0 saturated carbocycles. The number of nitrogens with zero attached hydrogens (tertiary/aromatic N) is 1. The van der Waals surface area contributed by atoms with Gasteiger partial charge in [-0.2, -0.15) is 0 Å². The van der Waals surface area contributed by atoms with E-state index in [4.69, 9.17) is 14.2 Å². The molecule has 29 heavy (non-hydrogen) atoms. The summed E-state index contributed by atoms with van der Waals surface area (Å²) < 4.78 is 15.6. The van der Waals surface area contributed by atoms with Gasteiger partial charge in [0, 0.05) is 19.8 Å². The van der Waals surface area contributed by atoms with Gasteiger partial charge in [-0.25, -0.2) is 0 Å². The van der Waals surface area contributed by atoms with Crippen molar-refractivity contribution in [2.45, 2.75) is 12.3 Å². The Morgan fingerprint density at radius 3 is 2.17 bits per heavy atom. The Morgan fingerprint density at radius 1 is 1.00 bits per heavy atom. The molecular formula is C22H23NO6. The molecule has 7 nitrogen and oxygen atoms in total. The van der Waals surface area contributed by atoms with Gasteiger partial charge < -0.3 is 24.2 Å². The highest BCUT2D eigenvalue weighted by Gasteiger charge is 2.46. The maximum Gasteiger partial charge on any atom is 0.295 e. The Labute approximate surface area is 169 Å². The zero-order chi connectivity index (χ0) is 21.0. The number of Topliss-reactive ketones (excluding diaryl/α,β-unsaturated/α-hetero) is 1. The second-order valence-electron chi connectivity index (χ2n) is 6.49. The normalized spacial score (nSPS) is 18.5. The second kappa shape index (κ2) is 8.89. The molecule has 2 aromatic carbocycles. The van der Waals surface area contributed by atoms with E-state index < -0.39 is 24.0 Å². The van der Waals surface area contributed by atoms with Gasteiger partial charge in [0.1, 0.15) is 11.5 Å². The van der Waals surface area contributed by atoms with E-state index >= 15 is 0 Å². The molecule has 0 aromatic heterocycles. The van der Waals surface area contributed by atoms with Gasteiger partial charge in [0.2, 0.25) is 0 Å². The number of amides is 1. The molecule has 1 atom stereocenters. The molecule has 1 saturated heterocycles. The summed E-state index contributed by atoms with van der Waals surface area (Å²) in [5.41, 5.74) is 1.14. The molecule has 0 bridgehead atoms. The van der Waals surface area contributed by atoms with Crippen molar-refractivity contribution < 1.29 is 28.9 Å². The SMILES string of the molecule is COc1ccc(C2/C(=C(\O)c3ccccc3)C(=O)C(=O)N2CC(OC)OC)cc1. The van der Waals surface area contributed by atoms with Gasteiger partial charge in [-0.3, -0.25) is 9.59 Å². The predicted molar refractivity (Wildman–Crippen MR) is 106 cm³/mol. The molecule has 1 heterocycles. The highest BCUT2D eigenvalue weighted by molar-refractivity contribution is 6.46. The predicted octanol–water partition coefficient (Wildman–Crippen LogP) is 2.74. The Hall–Kier alpha value is -3.16. The molecule has 1 unspecified atom stereocenters. The fourth-order valence-corrected chi connectivity index (χ4v) is 3.36. The van der Waals surface area contributed by atoms with Crippen LogP contribution in [0.5, 0.6) is 5.75 Å². The molecule has 3 rings (SSSR count). The minimum absolute atomic E-state index is 0.0253. The van der Waals surface area contributed by atoms with Crippen molar-refractivity contribution in [1.29, 1.82) is 0 Å². The van der Waals surface area contributed by atoms with Gasteiger partial charge in [0.25, 0.3) is 11.7 Å². The first-order chi connectivity index (χ1) is 14.0. The van der Waals surface area contributed by atoms with E-state index in [2.05, 4.69) is 0 Å². The summed E-state index contributed by atoms with van der Waals surface area (Å²) in [6.07, 6.45) is -0.717. The molecule has 1 aliphatic rings. The van der Waals surface area contributed by atoms with E-state index in [-0.39, 0.29) is 17.9 Å². The number of rotatable bonds is 7. The van der Waals surface area contributed by atoms with Crippen LogP contribution in [0.4, 0.5) is 0 Å². The largest absolute Gasteiger partial charge is 0.507 e. The molecule has 0 radical (unpaired) electrons. The number of ether oxygens (including phenoxy) is 3. The van der Waals surface area contributed by atoms with Crippen LogP contribution in [0, 0.1) is 0 Å². The highest BCUT2D eigenvalue weighted by Crippen LogP contribution is 2.39. The van der Waals surface area contributed by atoms with E-state index in [1.807, 2.05) is 0 Å². The quantitative estimate of drug-likeness (QED) is 0.335. The van der Waals surface area contributed by atoms with Crippen molar-refractivity contribution in [3.8, 4) is 5.75 Å². The zero-order valence-electron chi connectivity index (χ0n) is 16.5. The van der Waals surface area contributed by atoms with E-state index in [1.54, 1.807) is 61.7 Å². The van der Waals surface area contributed by atoms with Crippen molar-refractivity contribution in [3.63, 3.8) is 0 Å². The number of ketones is 1. The van der Waals surface area contributed by atoms with Gasteiger partial charge in [-0.05, 0) is 17.7 Å². The standard InChI is InChI=1S/C22H23NO6/c1-27-16-11-9-14(10-12-16)19-18(20(24)15-7-5-4-6-8-15)21(25)22(26)23(19)13-17(28-2)29-3/h4-12,17,19,24H,13H2,1-3H3/b20-18+. The summed E-state index contributed by atoms with van der Waals surface area (Å²) in [5.74, 6) is -1.06. The summed E-state index contributed by atoms with van der Waals surface area (Å²) in [6.45, 7) is 0.0276. The fourth-order valence-electron chi connectivity index (χ4n) is 3.36. The van der Waals surface area contributed by atoms with Crippen LogP contribution in [0.15, 0.2) is 60.2 Å². The summed E-state index contributed by atoms with van der Waals surface area (Å²) >= 11 is 0. The smallest absolute Gasteiger partial charge is 0.295 e. The third-order valence-corrected chi connectivity index (χ3v) is 4.89. The Balaban J connectivity index is 2.14. The van der Waals surface area contributed by atoms with Gasteiger partial charge in [-0.1, -0.05) is 42.5 Å². The van der Waals surface area contributed by atoms with Crippen LogP contribution in [-0.2, 0) is 19.1 Å². The number of aliphatic hydroxyl groups is 1. The summed E-state index contributed by atoms with van der Waals surface area (Å²) in [4.78, 5) is 27.1. The number of carbonyl (C=O) groups excluding carboxylic acids is 2. The molecule has 0 aliphatic carbocycles. The number of methoxy groups -OCH3 is 3. The van der Waals surface area contributed by atoms with Gasteiger partial charge in [0.05, 0.1) is 25.3 Å². The lowest BCUT2D eigenvalue weighted by atomic mass is 9.95. The van der Waals surface area contributed by atoms with Crippen LogP contribution in [0.1, 0.15) is 17.2 Å². The van der Waals surface area contributed by atoms with Crippen LogP contribution in [0.25, 0.3) is 5.76 Å². The second-order valence-corrected chi connectivity index (χ2v) is 6.49. The van der Waals surface area contributed by atoms with E-state index in [0.717, 1.165) is 0 Å². The van der Waals surface area contributed by atoms with Crippen molar-refractivity contribution in [2.75, 3.05) is 27.9 Å². The molecule has 2 aromatic rings. The van der Waals surface area contributed by atoms with E-state index in [1.165, 1.54) is 19.1 Å². The highest BCUT2D eigenvalue weighted by atomic mass is 16.7. The molecule has 1 fully saturated rings. The van der Waals surface area contributed by atoms with Crippen LogP contribution >= 0.6 is 0 Å². The molecule has 1 N–H and O–H groups in total. The molecule has 7 heteroatoms. The van der Waals surface area contributed by atoms with Gasteiger partial charge in [-0.15, -0.1) is 0 Å². The zero-order valence-corrected chi connectivity index (χ0v) is 16.5. The molecule has 152 valence electrons. The van der Waals surface area contributed by atoms with E-state index in [0.29, 0.717) is 16.9 Å². The minimum atomic E-state index is -0.783. The first kappa shape index (κ1) is 20.6. The average molecular weight is 397 g/mol. The number of benzene rings is 2. The lowest BCUT2D eigenvalue weighted by Crippen LogP contribution is -2.38. The average Bonchev–Trinajstić information content (AvgIpc) is 3.02. The van der Waals surface area contributed by atoms with Crippen LogP contribution < -0.4 is 4.74 Å². The van der Waals surface area contributed by atoms with Crippen molar-refractivity contribution in [3.05, 3.63) is 71.3 Å². The van der Waals surface area contributed by atoms with Crippen molar-refractivity contribution in [1.82, 2.24) is 4.90 Å². The topological polar surface area (TPSA) is 85.3 Å². The molecule has 1 aliphatic heterocycles.